The molecule has 4 heteroatoms. The Bertz CT molecular complexity index is 580. The zero-order chi connectivity index (χ0) is 16.7. The summed E-state index contributed by atoms with van der Waals surface area (Å²) >= 11 is 0.369. The minimum absolute atomic E-state index is 0.138. The zero-order valence-electron chi connectivity index (χ0n) is 14.4. The van der Waals surface area contributed by atoms with Crippen molar-refractivity contribution in [2.24, 2.45) is 11.3 Å². The number of benzene rings is 1. The van der Waals surface area contributed by atoms with Gasteiger partial charge in [0.05, 0.1) is 0 Å². The first-order valence-electron chi connectivity index (χ1n) is 8.38. The van der Waals surface area contributed by atoms with Gasteiger partial charge in [-0.15, -0.1) is 0 Å². The minimum atomic E-state index is -0.827. The second-order valence-electron chi connectivity index (χ2n) is 7.79. The summed E-state index contributed by atoms with van der Waals surface area (Å²) in [6.45, 7) is 8.11. The van der Waals surface area contributed by atoms with Gasteiger partial charge in [-0.25, -0.2) is 0 Å². The third-order valence-electron chi connectivity index (χ3n) is 5.33. The van der Waals surface area contributed by atoms with Gasteiger partial charge in [0.15, 0.2) is 0 Å². The summed E-state index contributed by atoms with van der Waals surface area (Å²) in [7, 11) is 0. The van der Waals surface area contributed by atoms with Crippen LogP contribution in [-0.2, 0) is 14.3 Å². The molecular weight excluding hydrogens is 355 g/mol. The molecule has 1 aromatic carbocycles. The van der Waals surface area contributed by atoms with Crippen LogP contribution in [0, 0.1) is 11.3 Å². The Morgan fingerprint density at radius 1 is 1.26 bits per heavy atom. The first-order valence-corrected chi connectivity index (χ1v) is 10.5. The van der Waals surface area contributed by atoms with Crippen LogP contribution < -0.4 is 4.46 Å². The standard InChI is InChI=1S/C19H26O3Se/c1-17(2,3)18(4)21-16(20)19(22-18)12-8-9-14(19)13-23-15-10-6-5-7-11-15/h5-7,10-11,14H,8-9,12-13H2,1-4H3/t14-,18-,19-/m1/s1. The average molecular weight is 381 g/mol. The van der Waals surface area contributed by atoms with E-state index in [2.05, 4.69) is 45.0 Å². The van der Waals surface area contributed by atoms with Crippen LogP contribution in [0.25, 0.3) is 0 Å². The van der Waals surface area contributed by atoms with E-state index in [9.17, 15) is 4.79 Å². The van der Waals surface area contributed by atoms with Crippen LogP contribution in [0.1, 0.15) is 47.0 Å². The van der Waals surface area contributed by atoms with Crippen molar-refractivity contribution in [1.82, 2.24) is 0 Å². The van der Waals surface area contributed by atoms with Crippen LogP contribution in [0.2, 0.25) is 5.32 Å². The summed E-state index contributed by atoms with van der Waals surface area (Å²) < 4.78 is 13.6. The van der Waals surface area contributed by atoms with Crippen LogP contribution in [0.5, 0.6) is 0 Å². The van der Waals surface area contributed by atoms with Gasteiger partial charge in [-0.05, 0) is 0 Å². The monoisotopic (exact) mass is 382 g/mol. The molecule has 1 heterocycles. The van der Waals surface area contributed by atoms with Crippen LogP contribution in [0.3, 0.4) is 0 Å². The molecule has 3 rings (SSSR count). The van der Waals surface area contributed by atoms with Crippen molar-refractivity contribution in [3.8, 4) is 0 Å². The fourth-order valence-electron chi connectivity index (χ4n) is 3.36. The maximum atomic E-state index is 12.7. The molecule has 1 aromatic rings. The molecule has 1 saturated heterocycles. The number of carbonyl (C=O) groups excluding carboxylic acids is 1. The summed E-state index contributed by atoms with van der Waals surface area (Å²) in [5.74, 6) is -0.687. The van der Waals surface area contributed by atoms with Gasteiger partial charge in [0.1, 0.15) is 0 Å². The molecule has 23 heavy (non-hydrogen) atoms. The Morgan fingerprint density at radius 2 is 1.96 bits per heavy atom. The quantitative estimate of drug-likeness (QED) is 0.595. The van der Waals surface area contributed by atoms with Gasteiger partial charge in [-0.1, -0.05) is 0 Å². The molecule has 1 spiro atoms. The van der Waals surface area contributed by atoms with Crippen molar-refractivity contribution in [1.29, 1.82) is 0 Å². The molecule has 2 aliphatic rings. The average Bonchev–Trinajstić information content (AvgIpc) is 3.00. The van der Waals surface area contributed by atoms with Crippen LogP contribution in [0.15, 0.2) is 30.3 Å². The van der Waals surface area contributed by atoms with Gasteiger partial charge in [0.2, 0.25) is 0 Å². The number of ether oxygens (including phenoxy) is 2. The van der Waals surface area contributed by atoms with Gasteiger partial charge in [-0.2, -0.15) is 0 Å². The van der Waals surface area contributed by atoms with Gasteiger partial charge in [0, 0.05) is 0 Å². The predicted octanol–water partition coefficient (Wildman–Crippen LogP) is 3.31. The second kappa shape index (κ2) is 5.91. The van der Waals surface area contributed by atoms with Crippen molar-refractivity contribution in [2.75, 3.05) is 0 Å². The van der Waals surface area contributed by atoms with Gasteiger partial charge >= 0.3 is 145 Å². The van der Waals surface area contributed by atoms with Crippen molar-refractivity contribution in [3.05, 3.63) is 30.3 Å². The number of rotatable bonds is 3. The summed E-state index contributed by atoms with van der Waals surface area (Å²) in [4.78, 5) is 12.7. The molecule has 0 bridgehead atoms. The van der Waals surface area contributed by atoms with E-state index in [1.54, 1.807) is 0 Å². The zero-order valence-corrected chi connectivity index (χ0v) is 16.1. The molecule has 0 radical (unpaired) electrons. The Kier molecular flexibility index (Phi) is 4.37. The predicted molar refractivity (Wildman–Crippen MR) is 91.7 cm³/mol. The van der Waals surface area contributed by atoms with Crippen LogP contribution in [-0.4, -0.2) is 32.3 Å². The Labute approximate surface area is 145 Å². The molecule has 3 atom stereocenters. The molecule has 2 fully saturated rings. The van der Waals surface area contributed by atoms with E-state index in [0.717, 1.165) is 24.6 Å². The van der Waals surface area contributed by atoms with E-state index in [1.807, 2.05) is 13.0 Å². The van der Waals surface area contributed by atoms with Crippen molar-refractivity contribution in [2.45, 2.75) is 63.7 Å². The third-order valence-corrected chi connectivity index (χ3v) is 7.79. The molecule has 0 N–H and O–H groups in total. The van der Waals surface area contributed by atoms with E-state index in [0.29, 0.717) is 15.0 Å². The molecule has 1 saturated carbocycles. The van der Waals surface area contributed by atoms with E-state index >= 15 is 0 Å². The number of carbonyl (C=O) groups is 1. The molecule has 1 aliphatic heterocycles. The van der Waals surface area contributed by atoms with Gasteiger partial charge in [0.25, 0.3) is 0 Å². The van der Waals surface area contributed by atoms with Crippen molar-refractivity contribution in [3.63, 3.8) is 0 Å². The molecule has 0 aromatic heterocycles. The summed E-state index contributed by atoms with van der Waals surface area (Å²) in [6, 6.07) is 10.6. The summed E-state index contributed by atoms with van der Waals surface area (Å²) in [5, 5.41) is 1.03. The molecule has 0 unspecified atom stereocenters. The fourth-order valence-corrected chi connectivity index (χ4v) is 5.84. The van der Waals surface area contributed by atoms with E-state index in [4.69, 9.17) is 9.47 Å². The van der Waals surface area contributed by atoms with Crippen molar-refractivity contribution < 1.29 is 14.3 Å². The SMILES string of the molecule is CC(C)(C)[C@]1(C)OC(=O)[C@]2(CCC[C@@H]2C[Se]c2ccccc2)O1. The van der Waals surface area contributed by atoms with E-state index < -0.39 is 11.4 Å². The third kappa shape index (κ3) is 2.97. The molecule has 1 aliphatic carbocycles. The Balaban J connectivity index is 1.77. The number of cyclic esters (lactones) is 1. The van der Waals surface area contributed by atoms with Crippen LogP contribution in [0.4, 0.5) is 0 Å². The molecular formula is C19H26O3Se. The van der Waals surface area contributed by atoms with Crippen LogP contribution >= 0.6 is 0 Å². The second-order valence-corrected chi connectivity index (χ2v) is 10.1. The van der Waals surface area contributed by atoms with E-state index in [1.165, 1.54) is 4.46 Å². The molecule has 126 valence electrons. The summed E-state index contributed by atoms with van der Waals surface area (Å²) in [5.41, 5.74) is -0.942. The van der Waals surface area contributed by atoms with Crippen molar-refractivity contribution >= 4 is 25.4 Å². The van der Waals surface area contributed by atoms with E-state index in [-0.39, 0.29) is 17.3 Å². The molecule has 3 nitrogen and oxygen atoms in total. The number of esters is 1. The normalized spacial score (nSPS) is 34.1. The van der Waals surface area contributed by atoms with Gasteiger partial charge in [-0.3, -0.25) is 0 Å². The number of hydrogen-bond donors (Lipinski definition) is 0. The fraction of sp³-hybridized carbons (Fsp3) is 0.632. The summed E-state index contributed by atoms with van der Waals surface area (Å²) in [6.07, 6.45) is 2.90. The topological polar surface area (TPSA) is 35.5 Å². The first-order chi connectivity index (χ1) is 10.8. The molecule has 0 amide bonds. The first kappa shape index (κ1) is 17.0. The maximum absolute atomic E-state index is 12.7. The number of hydrogen-bond acceptors (Lipinski definition) is 3. The van der Waals surface area contributed by atoms with Gasteiger partial charge < -0.3 is 0 Å². The Hall–Kier alpha value is -0.831. The Morgan fingerprint density at radius 3 is 2.57 bits per heavy atom.